The Kier molecular flexibility index (Phi) is 3.48. The summed E-state index contributed by atoms with van der Waals surface area (Å²) in [5, 5.41) is 12.5. The molecule has 1 atom stereocenters. The van der Waals surface area contributed by atoms with E-state index in [0.29, 0.717) is 6.42 Å². The van der Waals surface area contributed by atoms with Gasteiger partial charge in [0.15, 0.2) is 5.78 Å². The van der Waals surface area contributed by atoms with Gasteiger partial charge in [0.25, 0.3) is 0 Å². The van der Waals surface area contributed by atoms with E-state index in [9.17, 15) is 9.90 Å². The number of aromatic hydroxyl groups is 1. The molecule has 0 bridgehead atoms. The monoisotopic (exact) mass is 233 g/mol. The molecule has 92 valence electrons. The minimum Gasteiger partial charge on any atom is -0.508 e. The molecule has 1 unspecified atom stereocenters. The van der Waals surface area contributed by atoms with Gasteiger partial charge in [-0.15, -0.1) is 0 Å². The number of rotatable bonds is 3. The maximum absolute atomic E-state index is 12.2. The van der Waals surface area contributed by atoms with Gasteiger partial charge < -0.3 is 10.4 Å². The lowest BCUT2D eigenvalue weighted by Gasteiger charge is -2.33. The molecule has 17 heavy (non-hydrogen) atoms. The standard InChI is InChI=1S/C14H19NO2/c1-14(8-2-3-9-15-14)13(17)10-11-4-6-12(16)7-5-11/h4-7,15-16H,2-3,8-10H2,1H3. The van der Waals surface area contributed by atoms with Gasteiger partial charge in [-0.2, -0.15) is 0 Å². The van der Waals surface area contributed by atoms with E-state index in [1.807, 2.05) is 6.92 Å². The summed E-state index contributed by atoms with van der Waals surface area (Å²) in [4.78, 5) is 12.2. The van der Waals surface area contributed by atoms with Crippen molar-refractivity contribution in [1.82, 2.24) is 5.32 Å². The fourth-order valence-corrected chi connectivity index (χ4v) is 2.29. The molecule has 2 N–H and O–H groups in total. The Morgan fingerprint density at radius 2 is 2.06 bits per heavy atom. The van der Waals surface area contributed by atoms with Crippen LogP contribution in [-0.2, 0) is 11.2 Å². The average molecular weight is 233 g/mol. The molecule has 3 nitrogen and oxygen atoms in total. The first-order valence-electron chi connectivity index (χ1n) is 6.16. The van der Waals surface area contributed by atoms with Crippen LogP contribution in [0.5, 0.6) is 5.75 Å². The zero-order valence-electron chi connectivity index (χ0n) is 10.2. The van der Waals surface area contributed by atoms with Crippen LogP contribution in [0.15, 0.2) is 24.3 Å². The number of benzene rings is 1. The SMILES string of the molecule is CC1(C(=O)Cc2ccc(O)cc2)CCCCN1. The summed E-state index contributed by atoms with van der Waals surface area (Å²) < 4.78 is 0. The fraction of sp³-hybridized carbons (Fsp3) is 0.500. The predicted molar refractivity (Wildman–Crippen MR) is 67.1 cm³/mol. The van der Waals surface area contributed by atoms with Gasteiger partial charge >= 0.3 is 0 Å². The smallest absolute Gasteiger partial charge is 0.156 e. The lowest BCUT2D eigenvalue weighted by molar-refractivity contribution is -0.125. The molecule has 0 amide bonds. The van der Waals surface area contributed by atoms with E-state index in [0.717, 1.165) is 31.4 Å². The summed E-state index contributed by atoms with van der Waals surface area (Å²) >= 11 is 0. The van der Waals surface area contributed by atoms with Gasteiger partial charge in [-0.05, 0) is 50.4 Å². The fourth-order valence-electron chi connectivity index (χ4n) is 2.29. The molecule has 0 radical (unpaired) electrons. The van der Waals surface area contributed by atoms with E-state index in [4.69, 9.17) is 0 Å². The van der Waals surface area contributed by atoms with E-state index in [1.165, 1.54) is 0 Å². The first kappa shape index (κ1) is 12.1. The summed E-state index contributed by atoms with van der Waals surface area (Å²) in [7, 11) is 0. The number of carbonyl (C=O) groups excluding carboxylic acids is 1. The van der Waals surface area contributed by atoms with E-state index in [-0.39, 0.29) is 17.1 Å². The van der Waals surface area contributed by atoms with Crippen LogP contribution in [0.1, 0.15) is 31.7 Å². The Morgan fingerprint density at radius 1 is 1.35 bits per heavy atom. The highest BCUT2D eigenvalue weighted by molar-refractivity contribution is 5.89. The van der Waals surface area contributed by atoms with Gasteiger partial charge in [-0.3, -0.25) is 4.79 Å². The normalized spacial score (nSPS) is 24.5. The van der Waals surface area contributed by atoms with Crippen LogP contribution in [0, 0.1) is 0 Å². The van der Waals surface area contributed by atoms with Crippen molar-refractivity contribution >= 4 is 5.78 Å². The van der Waals surface area contributed by atoms with Crippen LogP contribution in [0.4, 0.5) is 0 Å². The maximum Gasteiger partial charge on any atom is 0.156 e. The van der Waals surface area contributed by atoms with Gasteiger partial charge in [-0.25, -0.2) is 0 Å². The predicted octanol–water partition coefficient (Wildman–Crippen LogP) is 2.04. The second-order valence-corrected chi connectivity index (χ2v) is 4.98. The topological polar surface area (TPSA) is 49.3 Å². The number of ketones is 1. The third-order valence-electron chi connectivity index (χ3n) is 3.54. The highest BCUT2D eigenvalue weighted by atomic mass is 16.3. The molecule has 1 aromatic rings. The molecule has 1 saturated heterocycles. The minimum atomic E-state index is -0.365. The number of phenols is 1. The zero-order valence-corrected chi connectivity index (χ0v) is 10.2. The third kappa shape index (κ3) is 2.86. The van der Waals surface area contributed by atoms with Gasteiger partial charge in [-0.1, -0.05) is 12.1 Å². The van der Waals surface area contributed by atoms with Gasteiger partial charge in [0.05, 0.1) is 5.54 Å². The van der Waals surface area contributed by atoms with Crippen molar-refractivity contribution in [2.75, 3.05) is 6.54 Å². The lowest BCUT2D eigenvalue weighted by Crippen LogP contribution is -2.52. The van der Waals surface area contributed by atoms with Crippen molar-refractivity contribution in [3.63, 3.8) is 0 Å². The van der Waals surface area contributed by atoms with Crippen molar-refractivity contribution in [1.29, 1.82) is 0 Å². The Hall–Kier alpha value is -1.35. The van der Waals surface area contributed by atoms with Crippen LogP contribution >= 0.6 is 0 Å². The van der Waals surface area contributed by atoms with Crippen molar-refractivity contribution in [2.45, 2.75) is 38.1 Å². The van der Waals surface area contributed by atoms with Gasteiger partial charge in [0, 0.05) is 6.42 Å². The van der Waals surface area contributed by atoms with E-state index in [1.54, 1.807) is 24.3 Å². The number of nitrogens with one attached hydrogen (secondary N) is 1. The summed E-state index contributed by atoms with van der Waals surface area (Å²) in [5.74, 6) is 0.478. The largest absolute Gasteiger partial charge is 0.508 e. The first-order valence-corrected chi connectivity index (χ1v) is 6.16. The second-order valence-electron chi connectivity index (χ2n) is 4.98. The van der Waals surface area contributed by atoms with Gasteiger partial charge in [0.2, 0.25) is 0 Å². The van der Waals surface area contributed by atoms with E-state index < -0.39 is 0 Å². The Labute approximate surface area is 102 Å². The number of phenolic OH excluding ortho intramolecular Hbond substituents is 1. The lowest BCUT2D eigenvalue weighted by atomic mass is 9.84. The number of hydrogen-bond acceptors (Lipinski definition) is 3. The number of Topliss-reactive ketones (excluding diaryl/α,β-unsaturated/α-hetero) is 1. The van der Waals surface area contributed by atoms with E-state index in [2.05, 4.69) is 5.32 Å². The van der Waals surface area contributed by atoms with Crippen molar-refractivity contribution in [3.05, 3.63) is 29.8 Å². The molecule has 1 aliphatic rings. The quantitative estimate of drug-likeness (QED) is 0.840. The molecule has 3 heteroatoms. The zero-order chi connectivity index (χ0) is 12.3. The van der Waals surface area contributed by atoms with Crippen LogP contribution in [0.2, 0.25) is 0 Å². The molecule has 0 saturated carbocycles. The molecule has 0 spiro atoms. The van der Waals surface area contributed by atoms with Crippen molar-refractivity contribution in [2.24, 2.45) is 0 Å². The summed E-state index contributed by atoms with van der Waals surface area (Å²) in [5.41, 5.74) is 0.595. The molecule has 1 fully saturated rings. The number of carbonyl (C=O) groups is 1. The maximum atomic E-state index is 12.2. The molecule has 1 aliphatic heterocycles. The molecular weight excluding hydrogens is 214 g/mol. The Balaban J connectivity index is 2.03. The minimum absolute atomic E-state index is 0.239. The van der Waals surface area contributed by atoms with Crippen LogP contribution in [-0.4, -0.2) is 23.0 Å². The molecule has 0 aromatic heterocycles. The molecule has 0 aliphatic carbocycles. The summed E-state index contributed by atoms with van der Waals surface area (Å²) in [6.07, 6.45) is 3.63. The number of hydrogen-bond donors (Lipinski definition) is 2. The first-order chi connectivity index (χ1) is 8.10. The summed E-state index contributed by atoms with van der Waals surface area (Å²) in [6, 6.07) is 6.86. The Morgan fingerprint density at radius 3 is 2.65 bits per heavy atom. The second kappa shape index (κ2) is 4.88. The van der Waals surface area contributed by atoms with Crippen molar-refractivity contribution < 1.29 is 9.90 Å². The van der Waals surface area contributed by atoms with Crippen LogP contribution in [0.3, 0.4) is 0 Å². The van der Waals surface area contributed by atoms with Crippen molar-refractivity contribution in [3.8, 4) is 5.75 Å². The molecule has 2 rings (SSSR count). The Bertz CT molecular complexity index is 391. The molecule has 1 aromatic carbocycles. The van der Waals surface area contributed by atoms with Gasteiger partial charge in [0.1, 0.15) is 5.75 Å². The highest BCUT2D eigenvalue weighted by Gasteiger charge is 2.33. The third-order valence-corrected chi connectivity index (χ3v) is 3.54. The van der Waals surface area contributed by atoms with Crippen LogP contribution in [0.25, 0.3) is 0 Å². The molecular formula is C14H19NO2. The summed E-state index contributed by atoms with van der Waals surface area (Å²) in [6.45, 7) is 2.92. The molecule has 1 heterocycles. The van der Waals surface area contributed by atoms with Crippen LogP contribution < -0.4 is 5.32 Å². The number of piperidine rings is 1. The average Bonchev–Trinajstić information content (AvgIpc) is 2.33. The van der Waals surface area contributed by atoms with E-state index >= 15 is 0 Å². The highest BCUT2D eigenvalue weighted by Crippen LogP contribution is 2.22.